The first-order valence-corrected chi connectivity index (χ1v) is 6.66. The van der Waals surface area contributed by atoms with Crippen molar-refractivity contribution in [3.05, 3.63) is 23.9 Å². The monoisotopic (exact) mass is 249 g/mol. The van der Waals surface area contributed by atoms with Gasteiger partial charge in [0.1, 0.15) is 0 Å². The summed E-state index contributed by atoms with van der Waals surface area (Å²) in [5.74, 6) is 1.30. The first-order valence-electron chi connectivity index (χ1n) is 6.66. The minimum absolute atomic E-state index is 0.293. The van der Waals surface area contributed by atoms with Gasteiger partial charge in [-0.2, -0.15) is 0 Å². The van der Waals surface area contributed by atoms with E-state index in [0.29, 0.717) is 17.8 Å². The molecular weight excluding hydrogens is 226 g/mol. The normalized spacial score (nSPS) is 22.7. The van der Waals surface area contributed by atoms with E-state index in [9.17, 15) is 0 Å². The number of nitrogens with zero attached hydrogens (tertiary/aromatic N) is 2. The molecule has 0 aliphatic carbocycles. The first kappa shape index (κ1) is 13.3. The van der Waals surface area contributed by atoms with Crippen LogP contribution in [0.1, 0.15) is 25.3 Å². The van der Waals surface area contributed by atoms with Crippen LogP contribution in [0.25, 0.3) is 0 Å². The van der Waals surface area contributed by atoms with Gasteiger partial charge in [-0.25, -0.2) is 4.98 Å². The number of aromatic nitrogens is 1. The van der Waals surface area contributed by atoms with E-state index in [0.717, 1.165) is 19.6 Å². The Morgan fingerprint density at radius 1 is 1.56 bits per heavy atom. The van der Waals surface area contributed by atoms with E-state index < -0.39 is 0 Å². The number of methoxy groups -OCH3 is 1. The van der Waals surface area contributed by atoms with Crippen molar-refractivity contribution in [2.75, 3.05) is 20.2 Å². The Bertz CT molecular complexity index is 364. The number of piperidine rings is 1. The molecule has 2 N–H and O–H groups in total. The Morgan fingerprint density at radius 2 is 2.39 bits per heavy atom. The lowest BCUT2D eigenvalue weighted by molar-refractivity contribution is 0.154. The Kier molecular flexibility index (Phi) is 4.55. The molecule has 0 aromatic carbocycles. The Labute approximate surface area is 109 Å². The van der Waals surface area contributed by atoms with Crippen molar-refractivity contribution in [3.63, 3.8) is 0 Å². The van der Waals surface area contributed by atoms with Gasteiger partial charge in [-0.1, -0.05) is 6.07 Å². The van der Waals surface area contributed by atoms with E-state index in [1.807, 2.05) is 12.3 Å². The van der Waals surface area contributed by atoms with E-state index in [2.05, 4.69) is 22.9 Å². The summed E-state index contributed by atoms with van der Waals surface area (Å²) in [6, 6.07) is 4.30. The highest BCUT2D eigenvalue weighted by atomic mass is 16.5. The molecule has 1 aromatic rings. The van der Waals surface area contributed by atoms with Crippen LogP contribution in [-0.4, -0.2) is 36.1 Å². The van der Waals surface area contributed by atoms with Gasteiger partial charge < -0.3 is 10.5 Å². The van der Waals surface area contributed by atoms with Gasteiger partial charge in [0.05, 0.1) is 7.11 Å². The van der Waals surface area contributed by atoms with E-state index in [4.69, 9.17) is 10.5 Å². The predicted molar refractivity (Wildman–Crippen MR) is 72.4 cm³/mol. The highest BCUT2D eigenvalue weighted by Gasteiger charge is 2.22. The highest BCUT2D eigenvalue weighted by molar-refractivity contribution is 5.17. The number of pyridine rings is 1. The van der Waals surface area contributed by atoms with Gasteiger partial charge >= 0.3 is 0 Å². The number of likely N-dealkylation sites (tertiary alicyclic amines) is 1. The van der Waals surface area contributed by atoms with Crippen molar-refractivity contribution in [1.29, 1.82) is 0 Å². The average Bonchev–Trinajstić information content (AvgIpc) is 2.40. The molecular formula is C14H23N3O. The Balaban J connectivity index is 1.91. The average molecular weight is 249 g/mol. The maximum absolute atomic E-state index is 6.01. The van der Waals surface area contributed by atoms with E-state index in [-0.39, 0.29) is 0 Å². The van der Waals surface area contributed by atoms with Crippen LogP contribution in [0.5, 0.6) is 5.88 Å². The van der Waals surface area contributed by atoms with Gasteiger partial charge in [-0.3, -0.25) is 4.90 Å². The number of nitrogens with two attached hydrogens (primary N) is 1. The van der Waals surface area contributed by atoms with Crippen LogP contribution in [0.3, 0.4) is 0 Å². The van der Waals surface area contributed by atoms with Crippen molar-refractivity contribution >= 4 is 0 Å². The molecule has 4 nitrogen and oxygen atoms in total. The van der Waals surface area contributed by atoms with Crippen LogP contribution >= 0.6 is 0 Å². The molecule has 1 aromatic heterocycles. The quantitative estimate of drug-likeness (QED) is 0.881. The fraction of sp³-hybridized carbons (Fsp3) is 0.643. The third kappa shape index (κ3) is 3.43. The summed E-state index contributed by atoms with van der Waals surface area (Å²) in [7, 11) is 1.64. The van der Waals surface area contributed by atoms with Crippen LogP contribution in [-0.2, 0) is 6.54 Å². The summed E-state index contributed by atoms with van der Waals surface area (Å²) in [5.41, 5.74) is 7.24. The molecule has 2 heterocycles. The molecule has 0 radical (unpaired) electrons. The van der Waals surface area contributed by atoms with E-state index in [1.54, 1.807) is 7.11 Å². The molecule has 0 bridgehead atoms. The van der Waals surface area contributed by atoms with E-state index in [1.165, 1.54) is 18.4 Å². The molecule has 2 atom stereocenters. The molecule has 1 fully saturated rings. The summed E-state index contributed by atoms with van der Waals surface area (Å²) in [5, 5.41) is 0. The summed E-state index contributed by atoms with van der Waals surface area (Å²) in [6.07, 6.45) is 4.40. The van der Waals surface area contributed by atoms with Gasteiger partial charge in [0.15, 0.2) is 0 Å². The molecule has 2 rings (SSSR count). The zero-order valence-electron chi connectivity index (χ0n) is 11.3. The van der Waals surface area contributed by atoms with Crippen molar-refractivity contribution in [2.45, 2.75) is 32.4 Å². The third-order valence-corrected chi connectivity index (χ3v) is 3.70. The molecule has 2 unspecified atom stereocenters. The first-order chi connectivity index (χ1) is 8.69. The second kappa shape index (κ2) is 6.16. The minimum Gasteiger partial charge on any atom is -0.481 e. The molecule has 0 saturated carbocycles. The summed E-state index contributed by atoms with van der Waals surface area (Å²) >= 11 is 0. The molecule has 1 aliphatic heterocycles. The molecule has 1 saturated heterocycles. The van der Waals surface area contributed by atoms with Crippen LogP contribution in [0.4, 0.5) is 0 Å². The number of hydrogen-bond acceptors (Lipinski definition) is 4. The summed E-state index contributed by atoms with van der Waals surface area (Å²) in [6.45, 7) is 5.34. The van der Waals surface area contributed by atoms with Crippen molar-refractivity contribution in [1.82, 2.24) is 9.88 Å². The lowest BCUT2D eigenvalue weighted by Gasteiger charge is -2.34. The fourth-order valence-electron chi connectivity index (χ4n) is 2.55. The topological polar surface area (TPSA) is 51.4 Å². The van der Waals surface area contributed by atoms with Gasteiger partial charge in [0, 0.05) is 31.4 Å². The van der Waals surface area contributed by atoms with Gasteiger partial charge in [0.25, 0.3) is 0 Å². The lowest BCUT2D eigenvalue weighted by atomic mass is 9.92. The van der Waals surface area contributed by atoms with Crippen molar-refractivity contribution in [3.8, 4) is 5.88 Å². The van der Waals surface area contributed by atoms with Crippen molar-refractivity contribution in [2.24, 2.45) is 11.7 Å². The fourth-order valence-corrected chi connectivity index (χ4v) is 2.55. The van der Waals surface area contributed by atoms with E-state index >= 15 is 0 Å². The molecule has 0 amide bonds. The lowest BCUT2D eigenvalue weighted by Crippen LogP contribution is -2.41. The molecule has 1 aliphatic rings. The van der Waals surface area contributed by atoms with Gasteiger partial charge in [0.2, 0.25) is 5.88 Å². The summed E-state index contributed by atoms with van der Waals surface area (Å²) in [4.78, 5) is 6.72. The Hall–Kier alpha value is -1.13. The zero-order chi connectivity index (χ0) is 13.0. The smallest absolute Gasteiger partial charge is 0.212 e. The zero-order valence-corrected chi connectivity index (χ0v) is 11.3. The van der Waals surface area contributed by atoms with Crippen LogP contribution in [0.15, 0.2) is 18.3 Å². The second-order valence-electron chi connectivity index (χ2n) is 5.21. The molecule has 4 heteroatoms. The second-order valence-corrected chi connectivity index (χ2v) is 5.21. The standard InChI is InChI=1S/C14H23N3O/c1-11(15)13-4-3-7-17(10-13)9-12-5-6-14(18-2)16-8-12/h5-6,8,11,13H,3-4,7,9-10,15H2,1-2H3. The predicted octanol–water partition coefficient (Wildman–Crippen LogP) is 1.65. The highest BCUT2D eigenvalue weighted by Crippen LogP contribution is 2.20. The SMILES string of the molecule is COc1ccc(CN2CCCC(C(C)N)C2)cn1. The maximum atomic E-state index is 6.01. The largest absolute Gasteiger partial charge is 0.481 e. The Morgan fingerprint density at radius 3 is 3.00 bits per heavy atom. The number of ether oxygens (including phenoxy) is 1. The van der Waals surface area contributed by atoms with Gasteiger partial charge in [-0.15, -0.1) is 0 Å². The molecule has 0 spiro atoms. The van der Waals surface area contributed by atoms with Crippen molar-refractivity contribution < 1.29 is 4.74 Å². The molecule has 100 valence electrons. The van der Waals surface area contributed by atoms with Crippen LogP contribution < -0.4 is 10.5 Å². The van der Waals surface area contributed by atoms with Gasteiger partial charge in [-0.05, 0) is 37.8 Å². The number of hydrogen-bond donors (Lipinski definition) is 1. The van der Waals surface area contributed by atoms with Crippen LogP contribution in [0.2, 0.25) is 0 Å². The number of rotatable bonds is 4. The molecule has 18 heavy (non-hydrogen) atoms. The van der Waals surface area contributed by atoms with Crippen LogP contribution in [0, 0.1) is 5.92 Å². The summed E-state index contributed by atoms with van der Waals surface area (Å²) < 4.78 is 5.07. The maximum Gasteiger partial charge on any atom is 0.212 e. The minimum atomic E-state index is 0.293. The third-order valence-electron chi connectivity index (χ3n) is 3.70.